The van der Waals surface area contributed by atoms with Crippen LogP contribution in [0.5, 0.6) is 0 Å². The van der Waals surface area contributed by atoms with Gasteiger partial charge < -0.3 is 14.6 Å². The highest BCUT2D eigenvalue weighted by molar-refractivity contribution is 6.01. The van der Waals surface area contributed by atoms with Gasteiger partial charge in [-0.3, -0.25) is 4.79 Å². The first-order valence-corrected chi connectivity index (χ1v) is 10.4. The first kappa shape index (κ1) is 21.1. The molecule has 168 valence electrons. The number of hydrogen-bond donors (Lipinski definition) is 1. The Labute approximate surface area is 186 Å². The molecule has 0 radical (unpaired) electrons. The fourth-order valence-corrected chi connectivity index (χ4v) is 4.54. The molecular weight excluding hydrogens is 433 g/mol. The number of hydrogen-bond acceptors (Lipinski definition) is 2. The Bertz CT molecular complexity index is 1410. The maximum Gasteiger partial charge on any atom is 0.352 e. The maximum atomic E-state index is 14.1. The summed E-state index contributed by atoms with van der Waals surface area (Å²) in [4.78, 5) is 25.9. The third-order valence-electron chi connectivity index (χ3n) is 6.07. The van der Waals surface area contributed by atoms with Crippen molar-refractivity contribution in [2.24, 2.45) is 0 Å². The average molecular weight is 452 g/mol. The van der Waals surface area contributed by atoms with E-state index in [4.69, 9.17) is 0 Å². The summed E-state index contributed by atoms with van der Waals surface area (Å²) in [5, 5.41) is 12.3. The summed E-state index contributed by atoms with van der Waals surface area (Å²) >= 11 is 0. The summed E-state index contributed by atoms with van der Waals surface area (Å²) < 4.78 is 42.1. The van der Waals surface area contributed by atoms with Crippen LogP contribution in [0.1, 0.15) is 21.6 Å². The molecule has 0 saturated carbocycles. The average Bonchev–Trinajstić information content (AvgIpc) is 3.04. The molecule has 1 aliphatic heterocycles. The van der Waals surface area contributed by atoms with Crippen LogP contribution in [0.3, 0.4) is 0 Å². The fraction of sp³-hybridized carbons (Fsp3) is 0.200. The topological polar surface area (TPSA) is 62.5 Å². The summed E-state index contributed by atoms with van der Waals surface area (Å²) in [5.74, 6) is -5.40. The fourth-order valence-electron chi connectivity index (χ4n) is 4.54. The molecule has 2 heterocycles. The van der Waals surface area contributed by atoms with Crippen LogP contribution in [0.2, 0.25) is 0 Å². The maximum absolute atomic E-state index is 14.1. The van der Waals surface area contributed by atoms with Crippen molar-refractivity contribution in [3.63, 3.8) is 0 Å². The zero-order chi connectivity index (χ0) is 23.3. The number of aromatic nitrogens is 1. The molecule has 5 nitrogen and oxygen atoms in total. The number of aromatic carboxylic acids is 1. The van der Waals surface area contributed by atoms with Crippen molar-refractivity contribution in [3.05, 3.63) is 83.3 Å². The van der Waals surface area contributed by atoms with Gasteiger partial charge in [0.15, 0.2) is 0 Å². The molecule has 3 aromatic carbocycles. The molecule has 1 saturated heterocycles. The molecule has 0 aliphatic carbocycles. The van der Waals surface area contributed by atoms with E-state index < -0.39 is 43.1 Å². The van der Waals surface area contributed by atoms with Crippen LogP contribution >= 0.6 is 0 Å². The predicted molar refractivity (Wildman–Crippen MR) is 117 cm³/mol. The van der Waals surface area contributed by atoms with Crippen LogP contribution in [0.15, 0.2) is 60.7 Å². The standard InChI is InChI=1S/C25H19F3N2O3/c26-17-8-9-21-19(10-17)20(11-22(31)29-13-25(27,28)14-29)23(24(32)33)30(21)12-16-6-3-5-15-4-1-2-7-18(15)16/h1-10H,11-14H2,(H,32,33). The Balaban J connectivity index is 1.63. The highest BCUT2D eigenvalue weighted by atomic mass is 19.3. The molecule has 1 amide bonds. The van der Waals surface area contributed by atoms with Crippen LogP contribution < -0.4 is 0 Å². The van der Waals surface area contributed by atoms with E-state index in [1.807, 2.05) is 42.5 Å². The Morgan fingerprint density at radius 2 is 1.70 bits per heavy atom. The number of likely N-dealkylation sites (tertiary alicyclic amines) is 1. The zero-order valence-electron chi connectivity index (χ0n) is 17.4. The molecule has 0 spiro atoms. The Morgan fingerprint density at radius 1 is 0.970 bits per heavy atom. The number of alkyl halides is 2. The summed E-state index contributed by atoms with van der Waals surface area (Å²) in [6, 6.07) is 17.3. The number of carboxylic acid groups (broad SMARTS) is 1. The van der Waals surface area contributed by atoms with Crippen molar-refractivity contribution in [3.8, 4) is 0 Å². The van der Waals surface area contributed by atoms with Gasteiger partial charge in [-0.25, -0.2) is 18.0 Å². The molecule has 1 aliphatic rings. The van der Waals surface area contributed by atoms with Crippen LogP contribution in [0, 0.1) is 5.82 Å². The molecule has 0 unspecified atom stereocenters. The number of amides is 1. The minimum absolute atomic E-state index is 0.123. The number of carbonyl (C=O) groups excluding carboxylic acids is 1. The lowest BCUT2D eigenvalue weighted by atomic mass is 10.0. The molecule has 8 heteroatoms. The highest BCUT2D eigenvalue weighted by Crippen LogP contribution is 2.32. The Kier molecular flexibility index (Phi) is 4.88. The molecule has 0 bridgehead atoms. The number of carbonyl (C=O) groups is 2. The molecule has 1 N–H and O–H groups in total. The van der Waals surface area contributed by atoms with E-state index in [0.29, 0.717) is 5.52 Å². The number of rotatable bonds is 5. The van der Waals surface area contributed by atoms with Crippen LogP contribution in [-0.2, 0) is 17.8 Å². The van der Waals surface area contributed by atoms with E-state index in [9.17, 15) is 27.9 Å². The Hall–Kier alpha value is -3.81. The first-order valence-electron chi connectivity index (χ1n) is 10.4. The van der Waals surface area contributed by atoms with E-state index in [1.165, 1.54) is 18.2 Å². The summed E-state index contributed by atoms with van der Waals surface area (Å²) in [6.07, 6.45) is -0.403. The largest absolute Gasteiger partial charge is 0.477 e. The van der Waals surface area contributed by atoms with Crippen LogP contribution in [-0.4, -0.2) is 45.5 Å². The molecular formula is C25H19F3N2O3. The lowest BCUT2D eigenvalue weighted by Gasteiger charge is -2.38. The van der Waals surface area contributed by atoms with Crippen molar-refractivity contribution >= 4 is 33.6 Å². The molecule has 4 aromatic rings. The van der Waals surface area contributed by atoms with Crippen molar-refractivity contribution in [1.82, 2.24) is 9.47 Å². The predicted octanol–water partition coefficient (Wildman–Crippen LogP) is 4.70. The number of benzene rings is 3. The van der Waals surface area contributed by atoms with Gasteiger partial charge in [-0.05, 0) is 34.5 Å². The van der Waals surface area contributed by atoms with Crippen LogP contribution in [0.4, 0.5) is 13.2 Å². The zero-order valence-corrected chi connectivity index (χ0v) is 17.4. The van der Waals surface area contributed by atoms with Gasteiger partial charge in [0.25, 0.3) is 5.92 Å². The lowest BCUT2D eigenvalue weighted by molar-refractivity contribution is -0.165. The van der Waals surface area contributed by atoms with Gasteiger partial charge in [0, 0.05) is 23.0 Å². The van der Waals surface area contributed by atoms with Gasteiger partial charge in [-0.2, -0.15) is 0 Å². The van der Waals surface area contributed by atoms with E-state index in [-0.39, 0.29) is 23.2 Å². The van der Waals surface area contributed by atoms with Gasteiger partial charge in [-0.1, -0.05) is 42.5 Å². The molecule has 1 aromatic heterocycles. The highest BCUT2D eigenvalue weighted by Gasteiger charge is 2.46. The monoisotopic (exact) mass is 452 g/mol. The SMILES string of the molecule is O=C(O)c1c(CC(=O)N2CC(F)(F)C2)c2cc(F)ccc2n1Cc1cccc2ccccc12. The quantitative estimate of drug-likeness (QED) is 0.478. The molecule has 0 atom stereocenters. The second-order valence-electron chi connectivity index (χ2n) is 8.30. The van der Waals surface area contributed by atoms with E-state index in [2.05, 4.69) is 0 Å². The summed E-state index contributed by atoms with van der Waals surface area (Å²) in [6.45, 7) is -1.21. The second-order valence-corrected chi connectivity index (χ2v) is 8.30. The van der Waals surface area contributed by atoms with Crippen LogP contribution in [0.25, 0.3) is 21.7 Å². The molecule has 33 heavy (non-hydrogen) atoms. The summed E-state index contributed by atoms with van der Waals surface area (Å²) in [7, 11) is 0. The van der Waals surface area contributed by atoms with E-state index >= 15 is 0 Å². The van der Waals surface area contributed by atoms with Crippen molar-refractivity contribution in [1.29, 1.82) is 0 Å². The van der Waals surface area contributed by atoms with Gasteiger partial charge >= 0.3 is 5.97 Å². The van der Waals surface area contributed by atoms with Crippen molar-refractivity contribution in [2.45, 2.75) is 18.9 Å². The smallest absolute Gasteiger partial charge is 0.352 e. The second kappa shape index (κ2) is 7.65. The minimum Gasteiger partial charge on any atom is -0.477 e. The normalized spacial score (nSPS) is 15.1. The minimum atomic E-state index is -2.93. The number of carboxylic acids is 1. The summed E-state index contributed by atoms with van der Waals surface area (Å²) in [5.41, 5.74) is 1.29. The molecule has 5 rings (SSSR count). The molecule has 1 fully saturated rings. The van der Waals surface area contributed by atoms with E-state index in [1.54, 1.807) is 4.57 Å². The number of halogens is 3. The van der Waals surface area contributed by atoms with Crippen molar-refractivity contribution in [2.75, 3.05) is 13.1 Å². The number of fused-ring (bicyclic) bond motifs is 2. The number of nitrogens with zero attached hydrogens (tertiary/aromatic N) is 2. The van der Waals surface area contributed by atoms with Gasteiger partial charge in [0.05, 0.1) is 19.5 Å². The van der Waals surface area contributed by atoms with Gasteiger partial charge in [-0.15, -0.1) is 0 Å². The van der Waals surface area contributed by atoms with E-state index in [0.717, 1.165) is 21.2 Å². The third-order valence-corrected chi connectivity index (χ3v) is 6.07. The van der Waals surface area contributed by atoms with Gasteiger partial charge in [0.1, 0.15) is 11.5 Å². The lowest BCUT2D eigenvalue weighted by Crippen LogP contribution is -2.58. The third kappa shape index (κ3) is 3.71. The Morgan fingerprint density at radius 3 is 2.42 bits per heavy atom. The van der Waals surface area contributed by atoms with Crippen molar-refractivity contribution < 1.29 is 27.9 Å². The van der Waals surface area contributed by atoms with Gasteiger partial charge in [0.2, 0.25) is 5.91 Å². The first-order chi connectivity index (χ1) is 15.7.